The van der Waals surface area contributed by atoms with Crippen LogP contribution in [0.3, 0.4) is 0 Å². The summed E-state index contributed by atoms with van der Waals surface area (Å²) < 4.78 is 8.63. The van der Waals surface area contributed by atoms with E-state index in [0.717, 1.165) is 0 Å². The van der Waals surface area contributed by atoms with Crippen LogP contribution in [0.4, 0.5) is 0 Å². The maximum absolute atomic E-state index is 10.0. The Morgan fingerprint density at radius 3 is 1.77 bits per heavy atom. The van der Waals surface area contributed by atoms with E-state index in [2.05, 4.69) is 0 Å². The molecule has 0 aromatic rings. The zero-order valence-electron chi connectivity index (χ0n) is 7.85. The van der Waals surface area contributed by atoms with Gasteiger partial charge < -0.3 is 24.9 Å². The van der Waals surface area contributed by atoms with Crippen LogP contribution in [0.15, 0.2) is 0 Å². The topological polar surface area (TPSA) is 124 Å². The van der Waals surface area contributed by atoms with Crippen LogP contribution in [-0.4, -0.2) is 31.1 Å². The summed E-state index contributed by atoms with van der Waals surface area (Å²) in [4.78, 5) is 25.7. The van der Waals surface area contributed by atoms with Crippen molar-refractivity contribution in [2.45, 2.75) is 19.9 Å². The fourth-order valence-electron chi connectivity index (χ4n) is 0.285. The molecule has 0 aliphatic rings. The first-order valence-electron chi connectivity index (χ1n) is 3.17. The zero-order valence-corrected chi connectivity index (χ0v) is 8.85. The van der Waals surface area contributed by atoms with E-state index in [1.54, 1.807) is 13.8 Å². The van der Waals surface area contributed by atoms with Crippen LogP contribution in [-0.2, 0) is 9.26 Å². The van der Waals surface area contributed by atoms with E-state index in [-0.39, 0.29) is 24.8 Å². The van der Waals surface area contributed by atoms with Crippen LogP contribution in [0, 0.1) is 5.92 Å². The van der Waals surface area contributed by atoms with Crippen LogP contribution in [0.25, 0.3) is 0 Å². The first kappa shape index (κ1) is 18.4. The molecule has 0 aliphatic carbocycles. The van der Waals surface area contributed by atoms with Gasteiger partial charge in [0.15, 0.2) is 0 Å². The smallest absolute Gasteiger partial charge is 0.604 e. The number of hydrogen-bond acceptors (Lipinski definition) is 4. The number of carboxylic acids is 1. The molecule has 0 fully saturated rings. The molecular formula is C5H12LiNO5Si. The summed E-state index contributed by atoms with van der Waals surface area (Å²) >= 11 is 0. The largest absolute Gasteiger partial charge is 1.00 e. The number of rotatable bonds is 2. The van der Waals surface area contributed by atoms with Gasteiger partial charge in [-0.3, -0.25) is 4.79 Å². The van der Waals surface area contributed by atoms with E-state index in [1.165, 1.54) is 0 Å². The maximum Gasteiger partial charge on any atom is 1.00 e. The Morgan fingerprint density at radius 2 is 1.77 bits per heavy atom. The molecule has 0 spiro atoms. The van der Waals surface area contributed by atoms with Crippen LogP contribution >= 0.6 is 0 Å². The minimum absolute atomic E-state index is 0. The van der Waals surface area contributed by atoms with E-state index < -0.39 is 21.2 Å². The molecular weight excluding hydrogens is 189 g/mol. The summed E-state index contributed by atoms with van der Waals surface area (Å²) in [5, 5.41) is 8.23. The van der Waals surface area contributed by atoms with Crippen molar-refractivity contribution in [3.63, 3.8) is 0 Å². The molecule has 0 radical (unpaired) electrons. The van der Waals surface area contributed by atoms with E-state index in [4.69, 9.17) is 24.9 Å². The fourth-order valence-corrected chi connectivity index (χ4v) is 0.285. The van der Waals surface area contributed by atoms with Gasteiger partial charge in [-0.15, -0.1) is 0 Å². The van der Waals surface area contributed by atoms with Gasteiger partial charge in [-0.2, -0.15) is 0 Å². The third-order valence-electron chi connectivity index (χ3n) is 1.00. The average Bonchev–Trinajstić information content (AvgIpc) is 1.84. The van der Waals surface area contributed by atoms with Crippen molar-refractivity contribution in [3.05, 3.63) is 0 Å². The molecule has 72 valence electrons. The quantitative estimate of drug-likeness (QED) is 0.384. The van der Waals surface area contributed by atoms with Gasteiger partial charge in [0.1, 0.15) is 6.04 Å². The Kier molecular flexibility index (Phi) is 13.8. The van der Waals surface area contributed by atoms with Crippen molar-refractivity contribution in [1.82, 2.24) is 0 Å². The summed E-state index contributed by atoms with van der Waals surface area (Å²) in [5.74, 6) is -0.910. The van der Waals surface area contributed by atoms with E-state index in [0.29, 0.717) is 0 Å². The first-order valence-corrected chi connectivity index (χ1v) is 4.43. The van der Waals surface area contributed by atoms with Crippen molar-refractivity contribution >= 4 is 15.1 Å². The standard InChI is InChI=1S/C5H11NO2.Li.HO3Si/c1-3(2)4(6)5(7)8;;1-4(2)3/h3-4H,6H2,1-2H3,(H,7,8);;1H/q;+1;-1/t4-;;/m0../s1. The van der Waals surface area contributed by atoms with Crippen molar-refractivity contribution in [2.75, 3.05) is 0 Å². The van der Waals surface area contributed by atoms with Gasteiger partial charge in [-0.25, -0.2) is 0 Å². The van der Waals surface area contributed by atoms with Crippen molar-refractivity contribution < 1.29 is 42.8 Å². The van der Waals surface area contributed by atoms with Gasteiger partial charge in [0.05, 0.1) is 0 Å². The molecule has 0 aliphatic heterocycles. The van der Waals surface area contributed by atoms with Crippen molar-refractivity contribution in [1.29, 1.82) is 0 Å². The van der Waals surface area contributed by atoms with Crippen LogP contribution in [0.5, 0.6) is 0 Å². The summed E-state index contributed by atoms with van der Waals surface area (Å²) in [6, 6.07) is -0.713. The molecule has 8 heteroatoms. The van der Waals surface area contributed by atoms with Crippen molar-refractivity contribution in [2.24, 2.45) is 11.7 Å². The predicted octanol–water partition coefficient (Wildman–Crippen LogP) is -5.19. The molecule has 13 heavy (non-hydrogen) atoms. The Bertz CT molecular complexity index is 161. The predicted molar refractivity (Wildman–Crippen MR) is 39.1 cm³/mol. The third kappa shape index (κ3) is 18.5. The molecule has 0 heterocycles. The normalized spacial score (nSPS) is 10.5. The summed E-state index contributed by atoms with van der Waals surface area (Å²) in [6.07, 6.45) is 0. The summed E-state index contributed by atoms with van der Waals surface area (Å²) in [6.45, 7) is 3.55. The fraction of sp³-hybridized carbons (Fsp3) is 0.800. The van der Waals surface area contributed by atoms with Crippen LogP contribution in [0.2, 0.25) is 0 Å². The monoisotopic (exact) mass is 201 g/mol. The first-order chi connectivity index (χ1) is 5.29. The van der Waals surface area contributed by atoms with Gasteiger partial charge in [-0.05, 0) is 5.92 Å². The zero-order chi connectivity index (χ0) is 10.3. The second-order valence-electron chi connectivity index (χ2n) is 2.37. The third-order valence-corrected chi connectivity index (χ3v) is 1.00. The van der Waals surface area contributed by atoms with Gasteiger partial charge >= 0.3 is 34.0 Å². The molecule has 0 aromatic heterocycles. The molecule has 0 saturated carbocycles. The number of aliphatic carboxylic acids is 1. The van der Waals surface area contributed by atoms with Crippen LogP contribution < -0.4 is 29.4 Å². The number of carbonyl (C=O) groups is 1. The van der Waals surface area contributed by atoms with E-state index in [9.17, 15) is 4.79 Å². The molecule has 0 amide bonds. The minimum Gasteiger partial charge on any atom is -0.604 e. The minimum atomic E-state index is -3.38. The second-order valence-corrected chi connectivity index (χ2v) is 2.91. The number of carboxylic acid groups (broad SMARTS) is 1. The Labute approximate surface area is 89.8 Å². The number of nitrogens with two attached hydrogens (primary N) is 1. The van der Waals surface area contributed by atoms with Gasteiger partial charge in [0.2, 0.25) is 0 Å². The number of hydrogen-bond donors (Lipinski definition) is 3. The molecule has 0 unspecified atom stereocenters. The summed E-state index contributed by atoms with van der Waals surface area (Å²) in [7, 11) is -3.38. The SMILES string of the molecule is CC(C)[C@H](N)C(=O)O.O=[Si]([O-])O.[Li+]. The molecule has 4 N–H and O–H groups in total. The van der Waals surface area contributed by atoms with E-state index in [1.807, 2.05) is 0 Å². The molecule has 0 aromatic carbocycles. The second kappa shape index (κ2) is 9.73. The van der Waals surface area contributed by atoms with Gasteiger partial charge in [0.25, 0.3) is 0 Å². The molecule has 0 bridgehead atoms. The molecule has 0 saturated heterocycles. The van der Waals surface area contributed by atoms with Crippen molar-refractivity contribution in [3.8, 4) is 0 Å². The average molecular weight is 201 g/mol. The molecule has 0 rings (SSSR count). The van der Waals surface area contributed by atoms with Gasteiger partial charge in [-0.1, -0.05) is 13.8 Å². The maximum atomic E-state index is 10.0. The van der Waals surface area contributed by atoms with Crippen LogP contribution in [0.1, 0.15) is 13.8 Å². The molecule has 1 atom stereocenters. The van der Waals surface area contributed by atoms with Gasteiger partial charge in [0, 0.05) is 0 Å². The summed E-state index contributed by atoms with van der Waals surface area (Å²) in [5.41, 5.74) is 5.16. The Morgan fingerprint density at radius 1 is 1.54 bits per heavy atom. The molecule has 6 nitrogen and oxygen atoms in total. The Hall–Kier alpha value is -0.356. The van der Waals surface area contributed by atoms with E-state index >= 15 is 0 Å². The Balaban J connectivity index is -0.000000173.